The van der Waals surface area contributed by atoms with E-state index in [1.807, 2.05) is 0 Å². The summed E-state index contributed by atoms with van der Waals surface area (Å²) in [6, 6.07) is 11.9. The van der Waals surface area contributed by atoms with Gasteiger partial charge in [-0.05, 0) is 48.7 Å². The number of nitrogens with one attached hydrogen (secondary N) is 2. The molecular weight excluding hydrogens is 329 g/mol. The van der Waals surface area contributed by atoms with E-state index in [-0.39, 0.29) is 17.5 Å². The van der Waals surface area contributed by atoms with Crippen LogP contribution in [-0.2, 0) is 6.18 Å². The summed E-state index contributed by atoms with van der Waals surface area (Å²) in [4.78, 5) is 12.3. The molecule has 132 valence electrons. The molecule has 1 heterocycles. The van der Waals surface area contributed by atoms with Crippen LogP contribution >= 0.6 is 0 Å². The van der Waals surface area contributed by atoms with Gasteiger partial charge in [-0.1, -0.05) is 30.3 Å². The van der Waals surface area contributed by atoms with Crippen LogP contribution < -0.4 is 10.6 Å². The Kier molecular flexibility index (Phi) is 5.08. The van der Waals surface area contributed by atoms with Gasteiger partial charge in [0.25, 0.3) is 5.91 Å². The van der Waals surface area contributed by atoms with Crippen LogP contribution in [-0.4, -0.2) is 25.0 Å². The summed E-state index contributed by atoms with van der Waals surface area (Å²) in [5.74, 6) is -0.278. The molecule has 1 aliphatic rings. The number of halogens is 3. The largest absolute Gasteiger partial charge is 0.417 e. The number of amides is 1. The van der Waals surface area contributed by atoms with Gasteiger partial charge in [0.15, 0.2) is 0 Å². The molecule has 0 spiro atoms. The number of carbonyl (C=O) groups excluding carboxylic acids is 1. The van der Waals surface area contributed by atoms with E-state index in [1.165, 1.54) is 18.2 Å². The lowest BCUT2D eigenvalue weighted by Gasteiger charge is -2.14. The molecule has 1 fully saturated rings. The molecule has 1 amide bonds. The van der Waals surface area contributed by atoms with Gasteiger partial charge in [-0.25, -0.2) is 0 Å². The molecule has 0 aliphatic carbocycles. The molecular formula is C19H19F3N2O. The second-order valence-electron chi connectivity index (χ2n) is 6.13. The van der Waals surface area contributed by atoms with E-state index in [9.17, 15) is 18.0 Å². The Morgan fingerprint density at radius 2 is 1.96 bits per heavy atom. The third-order valence-electron chi connectivity index (χ3n) is 4.34. The molecule has 2 aromatic carbocycles. The van der Waals surface area contributed by atoms with E-state index in [2.05, 4.69) is 10.6 Å². The van der Waals surface area contributed by atoms with Crippen molar-refractivity contribution in [3.63, 3.8) is 0 Å². The molecule has 3 rings (SSSR count). The molecule has 0 bridgehead atoms. The maximum atomic E-state index is 13.2. The van der Waals surface area contributed by atoms with Gasteiger partial charge in [0.2, 0.25) is 0 Å². The van der Waals surface area contributed by atoms with Gasteiger partial charge >= 0.3 is 6.18 Å². The predicted octanol–water partition coefficient (Wildman–Crippen LogP) is 3.85. The number of hydrogen-bond donors (Lipinski definition) is 2. The lowest BCUT2D eigenvalue weighted by Crippen LogP contribution is -2.37. The van der Waals surface area contributed by atoms with Gasteiger partial charge < -0.3 is 10.6 Å². The molecule has 2 aromatic rings. The first-order valence-corrected chi connectivity index (χ1v) is 8.23. The van der Waals surface area contributed by atoms with E-state index < -0.39 is 11.7 Å². The second-order valence-corrected chi connectivity index (χ2v) is 6.13. The van der Waals surface area contributed by atoms with E-state index in [1.54, 1.807) is 24.3 Å². The van der Waals surface area contributed by atoms with Crippen LogP contribution in [0.2, 0.25) is 0 Å². The summed E-state index contributed by atoms with van der Waals surface area (Å²) in [6.45, 7) is 1.46. The molecule has 1 aliphatic heterocycles. The maximum Gasteiger partial charge on any atom is 0.417 e. The highest BCUT2D eigenvalue weighted by Crippen LogP contribution is 2.37. The summed E-state index contributed by atoms with van der Waals surface area (Å²) in [7, 11) is 0. The average Bonchev–Trinajstić information content (AvgIpc) is 3.12. The second kappa shape index (κ2) is 7.27. The van der Waals surface area contributed by atoms with Crippen LogP contribution in [0.15, 0.2) is 48.5 Å². The Hall–Kier alpha value is -2.34. The maximum absolute atomic E-state index is 13.2. The highest BCUT2D eigenvalue weighted by Gasteiger charge is 2.33. The topological polar surface area (TPSA) is 41.1 Å². The van der Waals surface area contributed by atoms with Crippen molar-refractivity contribution < 1.29 is 18.0 Å². The van der Waals surface area contributed by atoms with Crippen molar-refractivity contribution in [2.24, 2.45) is 0 Å². The van der Waals surface area contributed by atoms with Crippen LogP contribution in [0.4, 0.5) is 13.2 Å². The Morgan fingerprint density at radius 3 is 2.68 bits per heavy atom. The third-order valence-corrected chi connectivity index (χ3v) is 4.34. The Bertz CT molecular complexity index is 752. The predicted molar refractivity (Wildman–Crippen MR) is 90.2 cm³/mol. The number of benzene rings is 2. The summed E-state index contributed by atoms with van der Waals surface area (Å²) in [5, 5.41) is 6.13. The molecule has 0 unspecified atom stereocenters. The quantitative estimate of drug-likeness (QED) is 0.881. The van der Waals surface area contributed by atoms with Gasteiger partial charge in [0.1, 0.15) is 0 Å². The molecule has 3 nitrogen and oxygen atoms in total. The normalized spacial score (nSPS) is 17.5. The van der Waals surface area contributed by atoms with Crippen molar-refractivity contribution in [3.8, 4) is 11.1 Å². The van der Waals surface area contributed by atoms with Crippen LogP contribution in [0.5, 0.6) is 0 Å². The van der Waals surface area contributed by atoms with Gasteiger partial charge in [-0.2, -0.15) is 13.2 Å². The Balaban J connectivity index is 1.81. The minimum atomic E-state index is -4.44. The van der Waals surface area contributed by atoms with Gasteiger partial charge in [-0.3, -0.25) is 4.79 Å². The number of hydrogen-bond acceptors (Lipinski definition) is 2. The van der Waals surface area contributed by atoms with Crippen molar-refractivity contribution in [2.75, 3.05) is 13.1 Å². The molecule has 1 saturated heterocycles. The molecule has 25 heavy (non-hydrogen) atoms. The van der Waals surface area contributed by atoms with Crippen LogP contribution in [0.25, 0.3) is 11.1 Å². The fraction of sp³-hybridized carbons (Fsp3) is 0.316. The molecule has 1 atom stereocenters. The zero-order chi connectivity index (χ0) is 17.9. The van der Waals surface area contributed by atoms with E-state index in [4.69, 9.17) is 0 Å². The van der Waals surface area contributed by atoms with Crippen molar-refractivity contribution in [1.29, 1.82) is 0 Å². The molecule has 6 heteroatoms. The minimum Gasteiger partial charge on any atom is -0.350 e. The van der Waals surface area contributed by atoms with Crippen LogP contribution in [0.1, 0.15) is 28.8 Å². The number of alkyl halides is 3. The van der Waals surface area contributed by atoms with Gasteiger partial charge in [0, 0.05) is 18.2 Å². The Labute approximate surface area is 144 Å². The lowest BCUT2D eigenvalue weighted by atomic mass is 9.97. The van der Waals surface area contributed by atoms with Gasteiger partial charge in [0.05, 0.1) is 5.56 Å². The van der Waals surface area contributed by atoms with E-state index in [0.717, 1.165) is 25.5 Å². The fourth-order valence-corrected chi connectivity index (χ4v) is 3.06. The first-order valence-electron chi connectivity index (χ1n) is 8.23. The Morgan fingerprint density at radius 1 is 1.16 bits per heavy atom. The zero-order valence-electron chi connectivity index (χ0n) is 13.6. The molecule has 0 aromatic heterocycles. The van der Waals surface area contributed by atoms with Crippen LogP contribution in [0.3, 0.4) is 0 Å². The fourth-order valence-electron chi connectivity index (χ4n) is 3.06. The summed E-state index contributed by atoms with van der Waals surface area (Å²) < 4.78 is 39.6. The van der Waals surface area contributed by atoms with Gasteiger partial charge in [-0.15, -0.1) is 0 Å². The highest BCUT2D eigenvalue weighted by molar-refractivity contribution is 5.95. The van der Waals surface area contributed by atoms with Crippen molar-refractivity contribution in [1.82, 2.24) is 10.6 Å². The number of rotatable bonds is 4. The highest BCUT2D eigenvalue weighted by atomic mass is 19.4. The van der Waals surface area contributed by atoms with Crippen molar-refractivity contribution in [3.05, 3.63) is 59.7 Å². The first kappa shape index (κ1) is 17.5. The molecule has 0 saturated carbocycles. The van der Waals surface area contributed by atoms with E-state index >= 15 is 0 Å². The number of carbonyl (C=O) groups is 1. The SMILES string of the molecule is O=C(NC[C@@H]1CCCN1)c1cccc(-c2ccccc2C(F)(F)F)c1. The molecule has 2 N–H and O–H groups in total. The van der Waals surface area contributed by atoms with Crippen molar-refractivity contribution in [2.45, 2.75) is 25.1 Å². The lowest BCUT2D eigenvalue weighted by molar-refractivity contribution is -0.137. The van der Waals surface area contributed by atoms with E-state index in [0.29, 0.717) is 17.7 Å². The monoisotopic (exact) mass is 348 g/mol. The average molecular weight is 348 g/mol. The zero-order valence-corrected chi connectivity index (χ0v) is 13.6. The molecule has 0 radical (unpaired) electrons. The first-order chi connectivity index (χ1) is 11.9. The summed E-state index contributed by atoms with van der Waals surface area (Å²) in [6.07, 6.45) is -2.34. The van der Waals surface area contributed by atoms with Crippen molar-refractivity contribution >= 4 is 5.91 Å². The minimum absolute atomic E-state index is 0.0714. The standard InChI is InChI=1S/C19H19F3N2O/c20-19(21,22)17-9-2-1-8-16(17)13-5-3-6-14(11-13)18(25)24-12-15-7-4-10-23-15/h1-3,5-6,8-9,11,15,23H,4,7,10,12H2,(H,24,25)/t15-/m0/s1. The summed E-state index contributed by atoms with van der Waals surface area (Å²) in [5.41, 5.74) is 0.0943. The summed E-state index contributed by atoms with van der Waals surface area (Å²) >= 11 is 0. The smallest absolute Gasteiger partial charge is 0.350 e. The third kappa shape index (κ3) is 4.20. The van der Waals surface area contributed by atoms with Crippen LogP contribution in [0, 0.1) is 0 Å².